The molecule has 0 aromatic carbocycles. The molecule has 0 aromatic heterocycles. The van der Waals surface area contributed by atoms with Gasteiger partial charge in [0.2, 0.25) is 0 Å². The summed E-state index contributed by atoms with van der Waals surface area (Å²) in [5.74, 6) is 0. The van der Waals surface area contributed by atoms with Crippen LogP contribution in [0.5, 0.6) is 0 Å². The molecule has 0 nitrogen and oxygen atoms in total. The van der Waals surface area contributed by atoms with Gasteiger partial charge in [-0.05, 0) is 0 Å². The van der Waals surface area contributed by atoms with Crippen LogP contribution in [-0.2, 0) is 0 Å². The van der Waals surface area contributed by atoms with Crippen LogP contribution in [0.4, 0.5) is 0 Å². The van der Waals surface area contributed by atoms with E-state index in [2.05, 4.69) is 13.2 Å². The SMILES string of the molecule is C1CC[CH]([SnH]([CH]2CCCCC2)[CH]2CCCCC2)CC1.C=C. The fraction of sp³-hybridized carbons (Fsp3) is 0.900. The fourth-order valence-electron chi connectivity index (χ4n) is 5.71. The van der Waals surface area contributed by atoms with Crippen LogP contribution in [-0.4, -0.2) is 19.8 Å². The van der Waals surface area contributed by atoms with Crippen LogP contribution in [0.2, 0.25) is 11.8 Å². The number of hydrogen-bond donors (Lipinski definition) is 0. The molecule has 3 aliphatic carbocycles. The number of rotatable bonds is 3. The first-order valence-electron chi connectivity index (χ1n) is 9.95. The van der Waals surface area contributed by atoms with Crippen molar-refractivity contribution in [3.63, 3.8) is 0 Å². The predicted octanol–water partition coefficient (Wildman–Crippen LogP) is 7.02. The smallest absolute Gasteiger partial charge is 0.106 e. The minimum atomic E-state index is -1.31. The van der Waals surface area contributed by atoms with Crippen LogP contribution in [0, 0.1) is 0 Å². The predicted molar refractivity (Wildman–Crippen MR) is 98.9 cm³/mol. The summed E-state index contributed by atoms with van der Waals surface area (Å²) in [5, 5.41) is 0. The molecule has 3 aliphatic rings. The largest absolute Gasteiger partial charge is 0.106 e. The Hall–Kier alpha value is 0.539. The summed E-state index contributed by atoms with van der Waals surface area (Å²) in [6.07, 6.45) is 24.3. The molecule has 0 unspecified atom stereocenters. The van der Waals surface area contributed by atoms with E-state index in [1.165, 1.54) is 11.8 Å². The molecule has 0 aliphatic heterocycles. The minimum absolute atomic E-state index is 1.31. The molecule has 1 heteroatoms. The number of hydrogen-bond acceptors (Lipinski definition) is 0. The van der Waals surface area contributed by atoms with Gasteiger partial charge in [-0.2, -0.15) is 0 Å². The Labute approximate surface area is 140 Å². The first-order chi connectivity index (χ1) is 10.4. The maximum absolute atomic E-state index is 3.00. The maximum Gasteiger partial charge on any atom is -0.106 e. The van der Waals surface area contributed by atoms with E-state index in [4.69, 9.17) is 0 Å². The molecule has 0 N–H and O–H groups in total. The van der Waals surface area contributed by atoms with Gasteiger partial charge in [0.05, 0.1) is 0 Å². The van der Waals surface area contributed by atoms with E-state index < -0.39 is 19.8 Å². The Morgan fingerprint density at radius 2 is 0.667 bits per heavy atom. The van der Waals surface area contributed by atoms with Crippen molar-refractivity contribution in [2.75, 3.05) is 0 Å². The monoisotopic (exact) mass is 398 g/mol. The van der Waals surface area contributed by atoms with Crippen LogP contribution in [0.3, 0.4) is 0 Å². The standard InChI is InChI=1S/3C6H11.C2H4.Sn.H/c3*1-2-4-6-5-3-1;1-2;;/h3*1H,2-6H2;1-2H2;;. The summed E-state index contributed by atoms with van der Waals surface area (Å²) in [6.45, 7) is 6.00. The van der Waals surface area contributed by atoms with E-state index in [0.29, 0.717) is 0 Å². The molecule has 21 heavy (non-hydrogen) atoms. The van der Waals surface area contributed by atoms with Crippen LogP contribution in [0.1, 0.15) is 96.3 Å². The molecule has 0 amide bonds. The molecular weight excluding hydrogens is 359 g/mol. The van der Waals surface area contributed by atoms with Gasteiger partial charge in [-0.25, -0.2) is 0 Å². The molecule has 3 rings (SSSR count). The van der Waals surface area contributed by atoms with E-state index in [1.807, 2.05) is 0 Å². The summed E-state index contributed by atoms with van der Waals surface area (Å²) in [4.78, 5) is 0. The zero-order valence-corrected chi connectivity index (χ0v) is 17.6. The van der Waals surface area contributed by atoms with E-state index in [9.17, 15) is 0 Å². The van der Waals surface area contributed by atoms with E-state index in [0.717, 1.165) is 0 Å². The minimum Gasteiger partial charge on any atom is -0.106 e. The summed E-state index contributed by atoms with van der Waals surface area (Å²) >= 11 is -1.31. The summed E-state index contributed by atoms with van der Waals surface area (Å²) < 4.78 is 4.00. The summed E-state index contributed by atoms with van der Waals surface area (Å²) in [5.41, 5.74) is 0. The molecule has 3 fully saturated rings. The molecule has 3 saturated carbocycles. The molecule has 0 radical (unpaired) electrons. The molecule has 0 atom stereocenters. The van der Waals surface area contributed by atoms with Gasteiger partial charge in [0.15, 0.2) is 0 Å². The molecule has 0 bridgehead atoms. The van der Waals surface area contributed by atoms with E-state index in [-0.39, 0.29) is 0 Å². The van der Waals surface area contributed by atoms with Crippen molar-refractivity contribution in [1.82, 2.24) is 0 Å². The molecule has 0 heterocycles. The third-order valence-electron chi connectivity index (χ3n) is 6.58. The van der Waals surface area contributed by atoms with E-state index >= 15 is 0 Å². The third kappa shape index (κ3) is 5.29. The van der Waals surface area contributed by atoms with Crippen molar-refractivity contribution in [3.8, 4) is 0 Å². The van der Waals surface area contributed by atoms with Crippen LogP contribution >= 0.6 is 0 Å². The average Bonchev–Trinajstić information content (AvgIpc) is 2.60. The van der Waals surface area contributed by atoms with Gasteiger partial charge >= 0.3 is 128 Å². The van der Waals surface area contributed by atoms with Gasteiger partial charge in [0.1, 0.15) is 0 Å². The van der Waals surface area contributed by atoms with Crippen molar-refractivity contribution in [3.05, 3.63) is 13.2 Å². The summed E-state index contributed by atoms with van der Waals surface area (Å²) in [7, 11) is 0. The normalized spacial score (nSPS) is 26.3. The van der Waals surface area contributed by atoms with Crippen molar-refractivity contribution < 1.29 is 0 Å². The Kier molecular flexibility index (Phi) is 8.81. The van der Waals surface area contributed by atoms with E-state index in [1.54, 1.807) is 96.3 Å². The first kappa shape index (κ1) is 17.9. The fourth-order valence-corrected chi connectivity index (χ4v) is 22.9. The second-order valence-electron chi connectivity index (χ2n) is 7.77. The van der Waals surface area contributed by atoms with Gasteiger partial charge < -0.3 is 0 Å². The quantitative estimate of drug-likeness (QED) is 0.355. The topological polar surface area (TPSA) is 0 Å². The Bertz CT molecular complexity index is 214. The Morgan fingerprint density at radius 3 is 0.905 bits per heavy atom. The van der Waals surface area contributed by atoms with Gasteiger partial charge in [0, 0.05) is 0 Å². The second-order valence-corrected chi connectivity index (χ2v) is 19.1. The van der Waals surface area contributed by atoms with Crippen LogP contribution in [0.15, 0.2) is 13.2 Å². The molecule has 0 spiro atoms. The zero-order chi connectivity index (χ0) is 14.9. The van der Waals surface area contributed by atoms with Gasteiger partial charge in [-0.15, -0.1) is 13.2 Å². The maximum atomic E-state index is 3.00. The average molecular weight is 397 g/mol. The van der Waals surface area contributed by atoms with Gasteiger partial charge in [0.25, 0.3) is 0 Å². The van der Waals surface area contributed by atoms with Crippen LogP contribution < -0.4 is 0 Å². The zero-order valence-electron chi connectivity index (χ0n) is 14.3. The molecular formula is C20H38Sn. The molecule has 122 valence electrons. The Morgan fingerprint density at radius 1 is 0.429 bits per heavy atom. The van der Waals surface area contributed by atoms with Crippen LogP contribution in [0.25, 0.3) is 0 Å². The second kappa shape index (κ2) is 10.3. The van der Waals surface area contributed by atoms with Gasteiger partial charge in [-0.1, -0.05) is 0 Å². The summed E-state index contributed by atoms with van der Waals surface area (Å²) in [6, 6.07) is 0. The van der Waals surface area contributed by atoms with Gasteiger partial charge in [-0.3, -0.25) is 0 Å². The third-order valence-corrected chi connectivity index (χ3v) is 21.6. The van der Waals surface area contributed by atoms with Crippen molar-refractivity contribution >= 4 is 19.8 Å². The molecule has 0 saturated heterocycles. The van der Waals surface area contributed by atoms with Crippen molar-refractivity contribution in [1.29, 1.82) is 0 Å². The van der Waals surface area contributed by atoms with Crippen molar-refractivity contribution in [2.24, 2.45) is 0 Å². The Balaban J connectivity index is 0.000000774. The molecule has 0 aromatic rings. The first-order valence-corrected chi connectivity index (χ1v) is 15.7. The van der Waals surface area contributed by atoms with Crippen molar-refractivity contribution in [2.45, 2.75) is 108 Å².